The Morgan fingerprint density at radius 3 is 2.50 bits per heavy atom. The molecule has 2 rings (SSSR count). The third-order valence-corrected chi connectivity index (χ3v) is 3.84. The van der Waals surface area contributed by atoms with Crippen LogP contribution in [0, 0.1) is 6.92 Å². The van der Waals surface area contributed by atoms with E-state index in [-0.39, 0.29) is 0 Å². The van der Waals surface area contributed by atoms with Crippen LogP contribution in [-0.4, -0.2) is 11.1 Å². The lowest BCUT2D eigenvalue weighted by molar-refractivity contribution is -0.138. The minimum absolute atomic E-state index is 0.500. The van der Waals surface area contributed by atoms with Crippen LogP contribution >= 0.6 is 27.5 Å². The SMILES string of the molecule is Cc1ccc(NC(C(=O)O)c2cc(Cl)ccc2Br)cc1. The number of aliphatic carboxylic acids is 1. The van der Waals surface area contributed by atoms with Gasteiger partial charge in [-0.15, -0.1) is 0 Å². The van der Waals surface area contributed by atoms with Gasteiger partial charge in [0, 0.05) is 20.7 Å². The van der Waals surface area contributed by atoms with Gasteiger partial charge in [-0.3, -0.25) is 0 Å². The summed E-state index contributed by atoms with van der Waals surface area (Å²) in [5, 5.41) is 12.9. The maximum absolute atomic E-state index is 11.5. The van der Waals surface area contributed by atoms with Crippen molar-refractivity contribution < 1.29 is 9.90 Å². The van der Waals surface area contributed by atoms with Gasteiger partial charge in [0.2, 0.25) is 0 Å². The summed E-state index contributed by atoms with van der Waals surface area (Å²) in [7, 11) is 0. The van der Waals surface area contributed by atoms with Crippen LogP contribution in [0.1, 0.15) is 17.2 Å². The number of nitrogens with one attached hydrogen (secondary N) is 1. The molecule has 1 unspecified atom stereocenters. The lowest BCUT2D eigenvalue weighted by atomic mass is 10.1. The second-order valence-corrected chi connectivity index (χ2v) is 5.74. The van der Waals surface area contributed by atoms with Crippen molar-refractivity contribution >= 4 is 39.2 Å². The lowest BCUT2D eigenvalue weighted by Gasteiger charge is -2.18. The molecule has 0 saturated carbocycles. The van der Waals surface area contributed by atoms with Gasteiger partial charge in [0.25, 0.3) is 0 Å². The highest BCUT2D eigenvalue weighted by atomic mass is 79.9. The van der Waals surface area contributed by atoms with Crippen LogP contribution in [-0.2, 0) is 4.79 Å². The molecule has 0 amide bonds. The summed E-state index contributed by atoms with van der Waals surface area (Å²) in [6, 6.07) is 11.8. The number of hydrogen-bond acceptors (Lipinski definition) is 2. The van der Waals surface area contributed by atoms with Crippen molar-refractivity contribution in [2.24, 2.45) is 0 Å². The third-order valence-electron chi connectivity index (χ3n) is 2.88. The number of aryl methyl sites for hydroxylation is 1. The number of carboxylic acid groups (broad SMARTS) is 1. The summed E-state index contributed by atoms with van der Waals surface area (Å²) >= 11 is 9.31. The molecule has 0 fully saturated rings. The molecule has 0 saturated heterocycles. The zero-order chi connectivity index (χ0) is 14.7. The molecule has 0 aliphatic carbocycles. The van der Waals surface area contributed by atoms with Gasteiger partial charge in [-0.05, 0) is 37.3 Å². The summed E-state index contributed by atoms with van der Waals surface area (Å²) in [5.41, 5.74) is 2.45. The van der Waals surface area contributed by atoms with Crippen LogP contribution in [0.4, 0.5) is 5.69 Å². The van der Waals surface area contributed by atoms with Crippen molar-refractivity contribution in [3.63, 3.8) is 0 Å². The van der Waals surface area contributed by atoms with Crippen molar-refractivity contribution in [2.45, 2.75) is 13.0 Å². The van der Waals surface area contributed by atoms with Crippen LogP contribution in [0.2, 0.25) is 5.02 Å². The van der Waals surface area contributed by atoms with Gasteiger partial charge in [-0.25, -0.2) is 4.79 Å². The molecule has 104 valence electrons. The van der Waals surface area contributed by atoms with Crippen molar-refractivity contribution in [2.75, 3.05) is 5.32 Å². The summed E-state index contributed by atoms with van der Waals surface area (Å²) in [6.45, 7) is 1.98. The molecule has 3 nitrogen and oxygen atoms in total. The minimum atomic E-state index is -0.964. The number of hydrogen-bond donors (Lipinski definition) is 2. The van der Waals surface area contributed by atoms with Gasteiger partial charge in [0.15, 0.2) is 6.04 Å². The van der Waals surface area contributed by atoms with Gasteiger partial charge < -0.3 is 10.4 Å². The van der Waals surface area contributed by atoms with Crippen molar-refractivity contribution in [1.82, 2.24) is 0 Å². The van der Waals surface area contributed by atoms with Crippen LogP contribution in [0.3, 0.4) is 0 Å². The standard InChI is InChI=1S/C15H13BrClNO2/c1-9-2-5-11(6-3-9)18-14(15(19)20)12-8-10(17)4-7-13(12)16/h2-8,14,18H,1H3,(H,19,20). The molecule has 1 atom stereocenters. The van der Waals surface area contributed by atoms with Crippen LogP contribution in [0.5, 0.6) is 0 Å². The van der Waals surface area contributed by atoms with E-state index in [1.165, 1.54) is 0 Å². The average molecular weight is 355 g/mol. The molecule has 0 spiro atoms. The van der Waals surface area contributed by atoms with Gasteiger partial charge >= 0.3 is 5.97 Å². The van der Waals surface area contributed by atoms with Crippen LogP contribution < -0.4 is 5.32 Å². The predicted molar refractivity (Wildman–Crippen MR) is 84.3 cm³/mol. The Labute approximate surface area is 130 Å². The maximum Gasteiger partial charge on any atom is 0.330 e. The number of carbonyl (C=O) groups is 1. The first-order valence-electron chi connectivity index (χ1n) is 5.98. The molecular formula is C15H13BrClNO2. The first-order chi connectivity index (χ1) is 9.47. The Kier molecular flexibility index (Phi) is 4.68. The van der Waals surface area contributed by atoms with E-state index in [4.69, 9.17) is 11.6 Å². The highest BCUT2D eigenvalue weighted by Crippen LogP contribution is 2.29. The van der Waals surface area contributed by atoms with E-state index in [9.17, 15) is 9.90 Å². The molecule has 0 aliphatic heterocycles. The Balaban J connectivity index is 2.34. The Morgan fingerprint density at radius 2 is 1.90 bits per heavy atom. The lowest BCUT2D eigenvalue weighted by Crippen LogP contribution is -2.21. The summed E-state index contributed by atoms with van der Waals surface area (Å²) in [5.74, 6) is -0.964. The molecule has 0 bridgehead atoms. The highest BCUT2D eigenvalue weighted by Gasteiger charge is 2.22. The normalized spacial score (nSPS) is 11.9. The molecule has 0 heterocycles. The molecular weight excluding hydrogens is 342 g/mol. The fourth-order valence-electron chi connectivity index (χ4n) is 1.82. The first kappa shape index (κ1) is 14.9. The van der Waals surface area contributed by atoms with E-state index in [1.54, 1.807) is 18.2 Å². The molecule has 2 N–H and O–H groups in total. The fourth-order valence-corrected chi connectivity index (χ4v) is 2.48. The molecule has 2 aromatic rings. The monoisotopic (exact) mass is 353 g/mol. The number of halogens is 2. The smallest absolute Gasteiger partial charge is 0.330 e. The number of rotatable bonds is 4. The first-order valence-corrected chi connectivity index (χ1v) is 7.15. The van der Waals surface area contributed by atoms with Crippen molar-refractivity contribution in [3.05, 3.63) is 63.1 Å². The molecule has 2 aromatic carbocycles. The Bertz CT molecular complexity index is 628. The van der Waals surface area contributed by atoms with Gasteiger partial charge in [-0.2, -0.15) is 0 Å². The third kappa shape index (κ3) is 3.52. The zero-order valence-electron chi connectivity index (χ0n) is 10.7. The molecule has 0 aliphatic rings. The summed E-state index contributed by atoms with van der Waals surface area (Å²) in [6.07, 6.45) is 0. The predicted octanol–water partition coefficient (Wildman–Crippen LogP) is 4.65. The topological polar surface area (TPSA) is 49.3 Å². The van der Waals surface area contributed by atoms with E-state index in [0.29, 0.717) is 15.1 Å². The zero-order valence-corrected chi connectivity index (χ0v) is 13.1. The summed E-state index contributed by atoms with van der Waals surface area (Å²) < 4.78 is 0.703. The van der Waals surface area contributed by atoms with Crippen LogP contribution in [0.25, 0.3) is 0 Å². The minimum Gasteiger partial charge on any atom is -0.479 e. The number of carboxylic acids is 1. The molecule has 5 heteroatoms. The fraction of sp³-hybridized carbons (Fsp3) is 0.133. The van der Waals surface area contributed by atoms with Gasteiger partial charge in [0.05, 0.1) is 0 Å². The molecule has 0 radical (unpaired) electrons. The van der Waals surface area contributed by atoms with Crippen molar-refractivity contribution in [3.8, 4) is 0 Å². The second kappa shape index (κ2) is 6.29. The van der Waals surface area contributed by atoms with Crippen molar-refractivity contribution in [1.29, 1.82) is 0 Å². The van der Waals surface area contributed by atoms with E-state index in [0.717, 1.165) is 11.3 Å². The Hall–Kier alpha value is -1.52. The average Bonchev–Trinajstić information content (AvgIpc) is 2.41. The van der Waals surface area contributed by atoms with E-state index >= 15 is 0 Å². The molecule has 0 aromatic heterocycles. The van der Waals surface area contributed by atoms with E-state index in [2.05, 4.69) is 21.2 Å². The number of anilines is 1. The van der Waals surface area contributed by atoms with Crippen LogP contribution in [0.15, 0.2) is 46.9 Å². The van der Waals surface area contributed by atoms with E-state index < -0.39 is 12.0 Å². The Morgan fingerprint density at radius 1 is 1.25 bits per heavy atom. The summed E-state index contributed by atoms with van der Waals surface area (Å²) in [4.78, 5) is 11.5. The number of benzene rings is 2. The maximum atomic E-state index is 11.5. The largest absolute Gasteiger partial charge is 0.479 e. The van der Waals surface area contributed by atoms with E-state index in [1.807, 2.05) is 31.2 Å². The van der Waals surface area contributed by atoms with Gasteiger partial charge in [-0.1, -0.05) is 45.2 Å². The molecule has 20 heavy (non-hydrogen) atoms. The van der Waals surface area contributed by atoms with Gasteiger partial charge in [0.1, 0.15) is 0 Å². The quantitative estimate of drug-likeness (QED) is 0.840. The highest BCUT2D eigenvalue weighted by molar-refractivity contribution is 9.10. The second-order valence-electron chi connectivity index (χ2n) is 4.45.